The second kappa shape index (κ2) is 5.35. The average molecular weight is 203 g/mol. The first kappa shape index (κ1) is 11.5. The standard InChI is InChI=1S/C12H17N3/c1-4-10(2)9-15(3)12-5-6-14-11(7-12)8-13/h5-7,10H,4,9H2,1-3H3. The maximum atomic E-state index is 8.74. The van der Waals surface area contributed by atoms with E-state index in [1.165, 1.54) is 6.42 Å². The van der Waals surface area contributed by atoms with Gasteiger partial charge in [-0.05, 0) is 18.1 Å². The van der Waals surface area contributed by atoms with E-state index in [1.54, 1.807) is 6.20 Å². The first-order chi connectivity index (χ1) is 7.17. The summed E-state index contributed by atoms with van der Waals surface area (Å²) in [7, 11) is 2.04. The number of anilines is 1. The van der Waals surface area contributed by atoms with Gasteiger partial charge in [0.1, 0.15) is 11.8 Å². The van der Waals surface area contributed by atoms with E-state index in [0.717, 1.165) is 12.2 Å². The highest BCUT2D eigenvalue weighted by molar-refractivity contribution is 5.47. The molecule has 0 amide bonds. The maximum Gasteiger partial charge on any atom is 0.142 e. The van der Waals surface area contributed by atoms with Gasteiger partial charge in [-0.2, -0.15) is 5.26 Å². The van der Waals surface area contributed by atoms with E-state index in [4.69, 9.17) is 5.26 Å². The van der Waals surface area contributed by atoms with Crippen LogP contribution in [0.5, 0.6) is 0 Å². The molecular formula is C12H17N3. The highest BCUT2D eigenvalue weighted by Crippen LogP contribution is 2.14. The highest BCUT2D eigenvalue weighted by Gasteiger charge is 2.06. The van der Waals surface area contributed by atoms with Gasteiger partial charge >= 0.3 is 0 Å². The van der Waals surface area contributed by atoms with Crippen LogP contribution in [0.15, 0.2) is 18.3 Å². The van der Waals surface area contributed by atoms with E-state index >= 15 is 0 Å². The van der Waals surface area contributed by atoms with Crippen LogP contribution in [0.2, 0.25) is 0 Å². The van der Waals surface area contributed by atoms with Crippen molar-refractivity contribution in [3.05, 3.63) is 24.0 Å². The summed E-state index contributed by atoms with van der Waals surface area (Å²) in [6.07, 6.45) is 2.85. The first-order valence-electron chi connectivity index (χ1n) is 5.24. The minimum Gasteiger partial charge on any atom is -0.374 e. The Balaban J connectivity index is 2.73. The Morgan fingerprint density at radius 2 is 2.33 bits per heavy atom. The van der Waals surface area contributed by atoms with Crippen LogP contribution in [-0.4, -0.2) is 18.6 Å². The van der Waals surface area contributed by atoms with Crippen LogP contribution < -0.4 is 4.90 Å². The summed E-state index contributed by atoms with van der Waals surface area (Å²) in [6, 6.07) is 5.81. The number of hydrogen-bond donors (Lipinski definition) is 0. The largest absolute Gasteiger partial charge is 0.374 e. The van der Waals surface area contributed by atoms with Crippen LogP contribution in [-0.2, 0) is 0 Å². The van der Waals surface area contributed by atoms with E-state index in [1.807, 2.05) is 19.2 Å². The van der Waals surface area contributed by atoms with Gasteiger partial charge in [-0.1, -0.05) is 20.3 Å². The van der Waals surface area contributed by atoms with Crippen molar-refractivity contribution >= 4 is 5.69 Å². The lowest BCUT2D eigenvalue weighted by atomic mass is 10.1. The maximum absolute atomic E-state index is 8.74. The van der Waals surface area contributed by atoms with Crippen LogP contribution in [0.1, 0.15) is 26.0 Å². The Morgan fingerprint density at radius 1 is 1.60 bits per heavy atom. The third-order valence-electron chi connectivity index (χ3n) is 2.58. The fourth-order valence-corrected chi connectivity index (χ4v) is 1.42. The molecule has 1 rings (SSSR count). The molecule has 1 aromatic heterocycles. The summed E-state index contributed by atoms with van der Waals surface area (Å²) in [5.74, 6) is 0.661. The van der Waals surface area contributed by atoms with Crippen molar-refractivity contribution in [2.75, 3.05) is 18.5 Å². The lowest BCUT2D eigenvalue weighted by Gasteiger charge is -2.22. The van der Waals surface area contributed by atoms with Crippen molar-refractivity contribution in [1.29, 1.82) is 5.26 Å². The number of nitrogens with zero attached hydrogens (tertiary/aromatic N) is 3. The summed E-state index contributed by atoms with van der Waals surface area (Å²) in [4.78, 5) is 6.12. The molecule has 0 saturated carbocycles. The molecule has 1 aromatic rings. The summed E-state index contributed by atoms with van der Waals surface area (Å²) in [5, 5.41) is 8.74. The second-order valence-electron chi connectivity index (χ2n) is 3.91. The molecule has 0 radical (unpaired) electrons. The lowest BCUT2D eigenvalue weighted by molar-refractivity contribution is 0.560. The van der Waals surface area contributed by atoms with Crippen LogP contribution in [0, 0.1) is 17.2 Å². The molecular weight excluding hydrogens is 186 g/mol. The van der Waals surface area contributed by atoms with E-state index in [-0.39, 0.29) is 0 Å². The summed E-state index contributed by atoms with van der Waals surface area (Å²) >= 11 is 0. The number of nitriles is 1. The van der Waals surface area contributed by atoms with E-state index in [2.05, 4.69) is 29.8 Å². The zero-order valence-electron chi connectivity index (χ0n) is 9.57. The minimum atomic E-state index is 0.475. The zero-order chi connectivity index (χ0) is 11.3. The van der Waals surface area contributed by atoms with Gasteiger partial charge in [0.15, 0.2) is 0 Å². The molecule has 3 heteroatoms. The second-order valence-corrected chi connectivity index (χ2v) is 3.91. The Bertz CT molecular complexity index is 354. The minimum absolute atomic E-state index is 0.475. The molecule has 3 nitrogen and oxygen atoms in total. The molecule has 0 aliphatic carbocycles. The SMILES string of the molecule is CCC(C)CN(C)c1ccnc(C#N)c1. The fraction of sp³-hybridized carbons (Fsp3) is 0.500. The molecule has 0 aliphatic rings. The number of hydrogen-bond acceptors (Lipinski definition) is 3. The van der Waals surface area contributed by atoms with Crippen molar-refractivity contribution < 1.29 is 0 Å². The quantitative estimate of drug-likeness (QED) is 0.754. The van der Waals surface area contributed by atoms with Crippen molar-refractivity contribution in [1.82, 2.24) is 4.98 Å². The highest BCUT2D eigenvalue weighted by atomic mass is 15.1. The Hall–Kier alpha value is -1.56. The van der Waals surface area contributed by atoms with Gasteiger partial charge in [0.05, 0.1) is 0 Å². The smallest absolute Gasteiger partial charge is 0.142 e. The molecule has 1 unspecified atom stereocenters. The molecule has 0 N–H and O–H groups in total. The van der Waals surface area contributed by atoms with Crippen molar-refractivity contribution in [2.45, 2.75) is 20.3 Å². The van der Waals surface area contributed by atoms with Gasteiger partial charge in [-0.3, -0.25) is 0 Å². The molecule has 0 spiro atoms. The molecule has 0 fully saturated rings. The Kier molecular flexibility index (Phi) is 4.11. The van der Waals surface area contributed by atoms with E-state index in [9.17, 15) is 0 Å². The molecule has 0 saturated heterocycles. The van der Waals surface area contributed by atoms with E-state index in [0.29, 0.717) is 11.6 Å². The molecule has 1 atom stereocenters. The number of rotatable bonds is 4. The molecule has 80 valence electrons. The number of pyridine rings is 1. The van der Waals surface area contributed by atoms with Crippen LogP contribution in [0.25, 0.3) is 0 Å². The summed E-state index contributed by atoms with van der Waals surface area (Å²) in [6.45, 7) is 5.42. The topological polar surface area (TPSA) is 39.9 Å². The molecule has 0 bridgehead atoms. The van der Waals surface area contributed by atoms with E-state index < -0.39 is 0 Å². The first-order valence-corrected chi connectivity index (χ1v) is 5.24. The summed E-state index contributed by atoms with van der Waals surface area (Å²) in [5.41, 5.74) is 1.53. The van der Waals surface area contributed by atoms with Gasteiger partial charge in [0, 0.05) is 25.5 Å². The normalized spacial score (nSPS) is 11.9. The third kappa shape index (κ3) is 3.25. The Labute approximate surface area is 91.4 Å². The third-order valence-corrected chi connectivity index (χ3v) is 2.58. The molecule has 1 heterocycles. The van der Waals surface area contributed by atoms with Crippen LogP contribution >= 0.6 is 0 Å². The Morgan fingerprint density at radius 3 is 2.93 bits per heavy atom. The molecule has 15 heavy (non-hydrogen) atoms. The van der Waals surface area contributed by atoms with Gasteiger partial charge in [-0.15, -0.1) is 0 Å². The van der Waals surface area contributed by atoms with Gasteiger partial charge in [0.25, 0.3) is 0 Å². The lowest BCUT2D eigenvalue weighted by Crippen LogP contribution is -2.23. The molecule has 0 aromatic carbocycles. The predicted molar refractivity (Wildman–Crippen MR) is 61.7 cm³/mol. The van der Waals surface area contributed by atoms with Crippen LogP contribution in [0.3, 0.4) is 0 Å². The van der Waals surface area contributed by atoms with Crippen molar-refractivity contribution in [2.24, 2.45) is 5.92 Å². The van der Waals surface area contributed by atoms with Crippen molar-refractivity contribution in [3.8, 4) is 6.07 Å². The van der Waals surface area contributed by atoms with Gasteiger partial charge in [0.2, 0.25) is 0 Å². The van der Waals surface area contributed by atoms with Crippen LogP contribution in [0.4, 0.5) is 5.69 Å². The number of aromatic nitrogens is 1. The predicted octanol–water partition coefficient (Wildman–Crippen LogP) is 2.44. The van der Waals surface area contributed by atoms with Crippen molar-refractivity contribution in [3.63, 3.8) is 0 Å². The molecule has 0 aliphatic heterocycles. The zero-order valence-corrected chi connectivity index (χ0v) is 9.57. The average Bonchev–Trinajstić information content (AvgIpc) is 2.28. The summed E-state index contributed by atoms with van der Waals surface area (Å²) < 4.78 is 0. The monoisotopic (exact) mass is 203 g/mol. The van der Waals surface area contributed by atoms with Gasteiger partial charge in [-0.25, -0.2) is 4.98 Å². The fourth-order valence-electron chi connectivity index (χ4n) is 1.42. The van der Waals surface area contributed by atoms with Gasteiger partial charge < -0.3 is 4.90 Å².